The first-order chi connectivity index (χ1) is 11.6. The van der Waals surface area contributed by atoms with Gasteiger partial charge in [0.2, 0.25) is 0 Å². The van der Waals surface area contributed by atoms with E-state index in [1.54, 1.807) is 62.8 Å². The molecule has 1 unspecified atom stereocenters. The average Bonchev–Trinajstić information content (AvgIpc) is 2.65. The van der Waals surface area contributed by atoms with Gasteiger partial charge in [0, 0.05) is 12.0 Å². The number of hydrogen-bond donors (Lipinski definition) is 0. The Morgan fingerprint density at radius 2 is 1.33 bits per heavy atom. The fourth-order valence-corrected chi connectivity index (χ4v) is 2.40. The van der Waals surface area contributed by atoms with Gasteiger partial charge in [0.1, 0.15) is 11.5 Å². The van der Waals surface area contributed by atoms with Crippen LogP contribution in [0.2, 0.25) is 0 Å². The topological polar surface area (TPSA) is 61.8 Å². The van der Waals surface area contributed by atoms with Crippen LogP contribution in [-0.2, 0) is 9.53 Å². The van der Waals surface area contributed by atoms with Gasteiger partial charge >= 0.3 is 5.97 Å². The summed E-state index contributed by atoms with van der Waals surface area (Å²) in [6.45, 7) is 0. The summed E-state index contributed by atoms with van der Waals surface area (Å²) in [5, 5.41) is 0. The number of carbonyl (C=O) groups excluding carboxylic acids is 2. The average molecular weight is 328 g/mol. The third kappa shape index (κ3) is 4.13. The van der Waals surface area contributed by atoms with Crippen LogP contribution < -0.4 is 9.47 Å². The van der Waals surface area contributed by atoms with Crippen molar-refractivity contribution in [2.75, 3.05) is 21.3 Å². The van der Waals surface area contributed by atoms with Crippen LogP contribution in [0.5, 0.6) is 11.5 Å². The van der Waals surface area contributed by atoms with Crippen LogP contribution in [0.1, 0.15) is 28.3 Å². The summed E-state index contributed by atoms with van der Waals surface area (Å²) < 4.78 is 15.0. The second kappa shape index (κ2) is 8.15. The fraction of sp³-hybridized carbons (Fsp3) is 0.263. The third-order valence-electron chi connectivity index (χ3n) is 3.81. The fourth-order valence-electron chi connectivity index (χ4n) is 2.40. The van der Waals surface area contributed by atoms with Gasteiger partial charge in [0.25, 0.3) is 0 Å². The number of carbonyl (C=O) groups is 2. The summed E-state index contributed by atoms with van der Waals surface area (Å²) in [4.78, 5) is 24.6. The first-order valence-corrected chi connectivity index (χ1v) is 7.48. The van der Waals surface area contributed by atoms with E-state index in [4.69, 9.17) is 14.2 Å². The molecule has 0 radical (unpaired) electrons. The largest absolute Gasteiger partial charge is 0.497 e. The maximum Gasteiger partial charge on any atom is 0.313 e. The summed E-state index contributed by atoms with van der Waals surface area (Å²) in [7, 11) is 4.45. The van der Waals surface area contributed by atoms with Crippen LogP contribution in [0.4, 0.5) is 0 Å². The molecule has 0 aliphatic carbocycles. The predicted molar refractivity (Wildman–Crippen MR) is 89.7 cm³/mol. The van der Waals surface area contributed by atoms with Gasteiger partial charge in [-0.2, -0.15) is 0 Å². The first-order valence-electron chi connectivity index (χ1n) is 7.48. The molecule has 0 aliphatic heterocycles. The van der Waals surface area contributed by atoms with Crippen molar-refractivity contribution < 1.29 is 23.8 Å². The molecule has 0 amide bonds. The number of Topliss-reactive ketones (excluding diaryl/α,β-unsaturated/α-hetero) is 1. The summed E-state index contributed by atoms with van der Waals surface area (Å²) in [5.74, 6) is 0.122. The van der Waals surface area contributed by atoms with Gasteiger partial charge in [-0.1, -0.05) is 12.1 Å². The van der Waals surface area contributed by atoms with Gasteiger partial charge < -0.3 is 14.2 Å². The maximum atomic E-state index is 12.5. The molecule has 0 N–H and O–H groups in total. The van der Waals surface area contributed by atoms with E-state index in [1.807, 2.05) is 0 Å². The molecule has 0 aromatic heterocycles. The van der Waals surface area contributed by atoms with Crippen LogP contribution in [0.25, 0.3) is 0 Å². The van der Waals surface area contributed by atoms with Gasteiger partial charge in [0.05, 0.1) is 27.2 Å². The molecular formula is C19H20O5. The van der Waals surface area contributed by atoms with Crippen LogP contribution >= 0.6 is 0 Å². The highest BCUT2D eigenvalue weighted by Crippen LogP contribution is 2.26. The molecule has 1 atom stereocenters. The summed E-state index contributed by atoms with van der Waals surface area (Å²) in [6.07, 6.45) is 0.0331. The SMILES string of the molecule is COC(=O)C(CC(=O)c1ccc(OC)cc1)c1ccc(OC)cc1. The summed E-state index contributed by atoms with van der Waals surface area (Å²) in [6, 6.07) is 13.8. The van der Waals surface area contributed by atoms with Gasteiger partial charge in [-0.15, -0.1) is 0 Å². The molecule has 0 aliphatic rings. The molecule has 2 rings (SSSR count). The molecule has 5 heteroatoms. The molecule has 0 bridgehead atoms. The van der Waals surface area contributed by atoms with Crippen molar-refractivity contribution in [2.24, 2.45) is 0 Å². The van der Waals surface area contributed by atoms with Crippen molar-refractivity contribution in [1.29, 1.82) is 0 Å². The minimum atomic E-state index is -0.657. The van der Waals surface area contributed by atoms with Crippen molar-refractivity contribution in [3.63, 3.8) is 0 Å². The van der Waals surface area contributed by atoms with Gasteiger partial charge in [0.15, 0.2) is 5.78 Å². The van der Waals surface area contributed by atoms with Crippen molar-refractivity contribution in [2.45, 2.75) is 12.3 Å². The van der Waals surface area contributed by atoms with Crippen molar-refractivity contribution >= 4 is 11.8 Å². The quantitative estimate of drug-likeness (QED) is 0.577. The number of methoxy groups -OCH3 is 3. The van der Waals surface area contributed by atoms with Crippen LogP contribution in [-0.4, -0.2) is 33.1 Å². The number of hydrogen-bond acceptors (Lipinski definition) is 5. The van der Waals surface area contributed by atoms with Gasteiger partial charge in [-0.05, 0) is 42.0 Å². The number of benzene rings is 2. The molecule has 2 aromatic rings. The Kier molecular flexibility index (Phi) is 5.95. The molecule has 0 spiro atoms. The molecule has 0 saturated carbocycles. The Morgan fingerprint density at radius 3 is 1.79 bits per heavy atom. The monoisotopic (exact) mass is 328 g/mol. The van der Waals surface area contributed by atoms with E-state index >= 15 is 0 Å². The second-order valence-electron chi connectivity index (χ2n) is 5.20. The van der Waals surface area contributed by atoms with Crippen molar-refractivity contribution in [3.8, 4) is 11.5 Å². The number of ketones is 1. The van der Waals surface area contributed by atoms with Gasteiger partial charge in [-0.3, -0.25) is 9.59 Å². The molecule has 24 heavy (non-hydrogen) atoms. The highest BCUT2D eigenvalue weighted by Gasteiger charge is 2.25. The Labute approximate surface area is 141 Å². The normalized spacial score (nSPS) is 11.5. The van der Waals surface area contributed by atoms with Crippen LogP contribution in [0.15, 0.2) is 48.5 Å². The van der Waals surface area contributed by atoms with E-state index < -0.39 is 11.9 Å². The first kappa shape index (κ1) is 17.5. The Bertz CT molecular complexity index is 689. The molecule has 0 fully saturated rings. The number of rotatable bonds is 7. The van der Waals surface area contributed by atoms with E-state index in [0.717, 1.165) is 0 Å². The highest BCUT2D eigenvalue weighted by atomic mass is 16.5. The Morgan fingerprint density at radius 1 is 0.833 bits per heavy atom. The lowest BCUT2D eigenvalue weighted by Gasteiger charge is -2.15. The Hall–Kier alpha value is -2.82. The van der Waals surface area contributed by atoms with E-state index in [2.05, 4.69) is 0 Å². The zero-order valence-corrected chi connectivity index (χ0v) is 13.9. The molecule has 0 heterocycles. The van der Waals surface area contributed by atoms with Crippen LogP contribution in [0, 0.1) is 0 Å². The molecule has 0 saturated heterocycles. The third-order valence-corrected chi connectivity index (χ3v) is 3.81. The van der Waals surface area contributed by atoms with E-state index in [9.17, 15) is 9.59 Å². The maximum absolute atomic E-state index is 12.5. The smallest absolute Gasteiger partial charge is 0.313 e. The molecular weight excluding hydrogens is 308 g/mol. The van der Waals surface area contributed by atoms with Gasteiger partial charge in [-0.25, -0.2) is 0 Å². The lowest BCUT2D eigenvalue weighted by Crippen LogP contribution is -2.18. The number of esters is 1. The predicted octanol–water partition coefficient (Wildman–Crippen LogP) is 3.23. The minimum Gasteiger partial charge on any atom is -0.497 e. The van der Waals surface area contributed by atoms with Crippen molar-refractivity contribution in [3.05, 3.63) is 59.7 Å². The zero-order valence-electron chi connectivity index (χ0n) is 13.9. The Balaban J connectivity index is 2.20. The lowest BCUT2D eigenvalue weighted by atomic mass is 9.91. The molecule has 2 aromatic carbocycles. The lowest BCUT2D eigenvalue weighted by molar-refractivity contribution is -0.142. The standard InChI is InChI=1S/C19H20O5/c1-22-15-8-4-13(5-9-15)17(19(21)24-3)12-18(20)14-6-10-16(23-2)11-7-14/h4-11,17H,12H2,1-3H3. The van der Waals surface area contributed by atoms with E-state index in [0.29, 0.717) is 22.6 Å². The van der Waals surface area contributed by atoms with Crippen molar-refractivity contribution in [1.82, 2.24) is 0 Å². The molecule has 5 nitrogen and oxygen atoms in total. The zero-order chi connectivity index (χ0) is 17.5. The minimum absolute atomic E-state index is 0.0331. The van der Waals surface area contributed by atoms with E-state index in [-0.39, 0.29) is 12.2 Å². The number of ether oxygens (including phenoxy) is 3. The summed E-state index contributed by atoms with van der Waals surface area (Å²) in [5.41, 5.74) is 1.24. The molecule has 126 valence electrons. The van der Waals surface area contributed by atoms with Crippen LogP contribution in [0.3, 0.4) is 0 Å². The summed E-state index contributed by atoms with van der Waals surface area (Å²) >= 11 is 0. The second-order valence-corrected chi connectivity index (χ2v) is 5.20. The van der Waals surface area contributed by atoms with E-state index in [1.165, 1.54) is 7.11 Å². The highest BCUT2D eigenvalue weighted by molar-refractivity contribution is 5.99.